The minimum atomic E-state index is -0.298. The maximum absolute atomic E-state index is 13.6. The predicted octanol–water partition coefficient (Wildman–Crippen LogP) is 1.93. The number of nitrogens with two attached hydrogens (primary N) is 1. The Balaban J connectivity index is 1.62. The number of hydrogen-bond acceptors (Lipinski definition) is 4. The van der Waals surface area contributed by atoms with Gasteiger partial charge in [0.25, 0.3) is 5.91 Å². The fraction of sp³-hybridized carbons (Fsp3) is 0.611. The largest absolute Gasteiger partial charge is 0.398 e. The van der Waals surface area contributed by atoms with Gasteiger partial charge in [-0.3, -0.25) is 9.69 Å². The SMILES string of the molecule is Cc1c(N)cc(F)cc1CN1CCN(C(=O)C2CCCO2)C(C)C1. The first-order valence-corrected chi connectivity index (χ1v) is 8.64. The van der Waals surface area contributed by atoms with Gasteiger partial charge in [0.2, 0.25) is 0 Å². The lowest BCUT2D eigenvalue weighted by Gasteiger charge is -2.41. The Morgan fingerprint density at radius 3 is 2.88 bits per heavy atom. The topological polar surface area (TPSA) is 58.8 Å². The molecule has 2 saturated heterocycles. The fourth-order valence-corrected chi connectivity index (χ4v) is 3.63. The van der Waals surface area contributed by atoms with E-state index in [4.69, 9.17) is 10.5 Å². The van der Waals surface area contributed by atoms with Crippen molar-refractivity contribution in [1.29, 1.82) is 0 Å². The minimum Gasteiger partial charge on any atom is -0.398 e. The Labute approximate surface area is 142 Å². The summed E-state index contributed by atoms with van der Waals surface area (Å²) in [4.78, 5) is 16.7. The van der Waals surface area contributed by atoms with E-state index in [0.29, 0.717) is 25.4 Å². The van der Waals surface area contributed by atoms with Gasteiger partial charge >= 0.3 is 0 Å². The van der Waals surface area contributed by atoms with E-state index in [1.165, 1.54) is 6.07 Å². The summed E-state index contributed by atoms with van der Waals surface area (Å²) in [6, 6.07) is 3.04. The average molecular weight is 335 g/mol. The molecule has 132 valence electrons. The Morgan fingerprint density at radius 1 is 1.42 bits per heavy atom. The lowest BCUT2D eigenvalue weighted by Crippen LogP contribution is -2.55. The van der Waals surface area contributed by atoms with Crippen molar-refractivity contribution in [2.24, 2.45) is 0 Å². The molecule has 2 aliphatic rings. The fourth-order valence-electron chi connectivity index (χ4n) is 3.63. The number of anilines is 1. The molecule has 6 heteroatoms. The van der Waals surface area contributed by atoms with E-state index in [1.807, 2.05) is 11.8 Å². The third-order valence-corrected chi connectivity index (χ3v) is 5.11. The molecule has 2 unspecified atom stereocenters. The number of hydrogen-bond donors (Lipinski definition) is 1. The number of benzene rings is 1. The number of carbonyl (C=O) groups is 1. The van der Waals surface area contributed by atoms with E-state index in [2.05, 4.69) is 11.8 Å². The van der Waals surface area contributed by atoms with Gasteiger partial charge in [-0.15, -0.1) is 0 Å². The molecule has 5 nitrogen and oxygen atoms in total. The minimum absolute atomic E-state index is 0.117. The number of carbonyl (C=O) groups excluding carboxylic acids is 1. The molecule has 0 bridgehead atoms. The Bertz CT molecular complexity index is 617. The van der Waals surface area contributed by atoms with Crippen molar-refractivity contribution in [2.45, 2.75) is 45.4 Å². The Kier molecular flexibility index (Phi) is 5.06. The van der Waals surface area contributed by atoms with Crippen LogP contribution < -0.4 is 5.73 Å². The van der Waals surface area contributed by atoms with Crippen LogP contribution in [-0.4, -0.2) is 54.1 Å². The highest BCUT2D eigenvalue weighted by Crippen LogP contribution is 2.23. The van der Waals surface area contributed by atoms with Crippen LogP contribution in [0.15, 0.2) is 12.1 Å². The molecule has 3 rings (SSSR count). The lowest BCUT2D eigenvalue weighted by atomic mass is 10.0. The van der Waals surface area contributed by atoms with Crippen molar-refractivity contribution in [2.75, 3.05) is 32.0 Å². The van der Waals surface area contributed by atoms with Gasteiger partial charge in [0.1, 0.15) is 11.9 Å². The molecule has 2 fully saturated rings. The third-order valence-electron chi connectivity index (χ3n) is 5.11. The number of halogens is 1. The quantitative estimate of drug-likeness (QED) is 0.858. The van der Waals surface area contributed by atoms with E-state index < -0.39 is 0 Å². The zero-order valence-corrected chi connectivity index (χ0v) is 14.4. The van der Waals surface area contributed by atoms with Crippen LogP contribution in [0.25, 0.3) is 0 Å². The lowest BCUT2D eigenvalue weighted by molar-refractivity contribution is -0.145. The summed E-state index contributed by atoms with van der Waals surface area (Å²) in [6.45, 7) is 7.55. The second-order valence-corrected chi connectivity index (χ2v) is 6.90. The van der Waals surface area contributed by atoms with Crippen molar-refractivity contribution in [1.82, 2.24) is 9.80 Å². The second-order valence-electron chi connectivity index (χ2n) is 6.90. The van der Waals surface area contributed by atoms with Gasteiger partial charge in [-0.25, -0.2) is 4.39 Å². The van der Waals surface area contributed by atoms with E-state index >= 15 is 0 Å². The van der Waals surface area contributed by atoms with E-state index in [-0.39, 0.29) is 23.9 Å². The highest BCUT2D eigenvalue weighted by Gasteiger charge is 2.33. The molecule has 1 amide bonds. The number of ether oxygens (including phenoxy) is 1. The summed E-state index contributed by atoms with van der Waals surface area (Å²) in [7, 11) is 0. The molecule has 2 heterocycles. The standard InChI is InChI=1S/C18H26FN3O2/c1-12-10-21(11-14-8-15(19)9-16(20)13(14)2)5-6-22(12)18(23)17-4-3-7-24-17/h8-9,12,17H,3-7,10-11,20H2,1-2H3. The van der Waals surface area contributed by atoms with Crippen LogP contribution >= 0.6 is 0 Å². The Hall–Kier alpha value is -1.66. The van der Waals surface area contributed by atoms with E-state index in [0.717, 1.165) is 37.1 Å². The Morgan fingerprint density at radius 2 is 2.21 bits per heavy atom. The van der Waals surface area contributed by atoms with Crippen LogP contribution in [0.4, 0.5) is 10.1 Å². The van der Waals surface area contributed by atoms with Crippen molar-refractivity contribution in [3.63, 3.8) is 0 Å². The van der Waals surface area contributed by atoms with Gasteiger partial charge in [-0.2, -0.15) is 0 Å². The summed E-state index contributed by atoms with van der Waals surface area (Å²) in [5, 5.41) is 0. The highest BCUT2D eigenvalue weighted by molar-refractivity contribution is 5.81. The highest BCUT2D eigenvalue weighted by atomic mass is 19.1. The molecule has 2 aliphatic heterocycles. The van der Waals surface area contributed by atoms with Gasteiger partial charge in [0.15, 0.2) is 0 Å². The summed E-state index contributed by atoms with van der Waals surface area (Å²) in [6.07, 6.45) is 1.53. The van der Waals surface area contributed by atoms with Crippen LogP contribution in [0.3, 0.4) is 0 Å². The summed E-state index contributed by atoms with van der Waals surface area (Å²) in [5.74, 6) is -0.181. The van der Waals surface area contributed by atoms with Crippen LogP contribution in [0.1, 0.15) is 30.9 Å². The molecular formula is C18H26FN3O2. The first-order valence-electron chi connectivity index (χ1n) is 8.64. The molecule has 0 radical (unpaired) electrons. The zero-order chi connectivity index (χ0) is 17.3. The van der Waals surface area contributed by atoms with E-state index in [9.17, 15) is 9.18 Å². The molecule has 0 spiro atoms. The number of piperazine rings is 1. The summed E-state index contributed by atoms with van der Waals surface area (Å²) >= 11 is 0. The van der Waals surface area contributed by atoms with Gasteiger partial charge in [0.05, 0.1) is 0 Å². The van der Waals surface area contributed by atoms with Gasteiger partial charge in [-0.05, 0) is 49.9 Å². The van der Waals surface area contributed by atoms with Crippen LogP contribution in [0.5, 0.6) is 0 Å². The summed E-state index contributed by atoms with van der Waals surface area (Å²) in [5.41, 5.74) is 8.20. The number of amides is 1. The van der Waals surface area contributed by atoms with Crippen LogP contribution in [0, 0.1) is 12.7 Å². The van der Waals surface area contributed by atoms with Gasteiger partial charge in [-0.1, -0.05) is 0 Å². The molecule has 1 aromatic rings. The normalized spacial score (nSPS) is 25.2. The monoisotopic (exact) mass is 335 g/mol. The molecule has 1 aromatic carbocycles. The maximum atomic E-state index is 13.6. The summed E-state index contributed by atoms with van der Waals surface area (Å²) < 4.78 is 19.1. The average Bonchev–Trinajstić information content (AvgIpc) is 3.06. The molecule has 2 N–H and O–H groups in total. The molecular weight excluding hydrogens is 309 g/mol. The van der Waals surface area contributed by atoms with Crippen molar-refractivity contribution < 1.29 is 13.9 Å². The number of nitrogens with zero attached hydrogens (tertiary/aromatic N) is 2. The molecule has 2 atom stereocenters. The van der Waals surface area contributed by atoms with Crippen molar-refractivity contribution in [3.05, 3.63) is 29.1 Å². The van der Waals surface area contributed by atoms with Crippen molar-refractivity contribution in [3.8, 4) is 0 Å². The maximum Gasteiger partial charge on any atom is 0.252 e. The van der Waals surface area contributed by atoms with Crippen LogP contribution in [0.2, 0.25) is 0 Å². The smallest absolute Gasteiger partial charge is 0.252 e. The predicted molar refractivity (Wildman–Crippen MR) is 91.0 cm³/mol. The first-order chi connectivity index (χ1) is 11.5. The van der Waals surface area contributed by atoms with Gasteiger partial charge < -0.3 is 15.4 Å². The molecule has 0 aliphatic carbocycles. The second kappa shape index (κ2) is 7.07. The van der Waals surface area contributed by atoms with Gasteiger partial charge in [0, 0.05) is 44.5 Å². The number of rotatable bonds is 3. The zero-order valence-electron chi connectivity index (χ0n) is 14.4. The third kappa shape index (κ3) is 3.54. The number of nitrogen functional groups attached to an aromatic ring is 1. The van der Waals surface area contributed by atoms with Crippen LogP contribution in [-0.2, 0) is 16.1 Å². The first kappa shape index (κ1) is 17.2. The molecule has 0 saturated carbocycles. The molecule has 24 heavy (non-hydrogen) atoms. The van der Waals surface area contributed by atoms with E-state index in [1.54, 1.807) is 6.07 Å². The van der Waals surface area contributed by atoms with Crippen molar-refractivity contribution >= 4 is 11.6 Å². The molecule has 0 aromatic heterocycles.